The van der Waals surface area contributed by atoms with Gasteiger partial charge in [-0.3, -0.25) is 9.59 Å². The summed E-state index contributed by atoms with van der Waals surface area (Å²) in [6.45, 7) is -5.49. The second kappa shape index (κ2) is 31.8. The van der Waals surface area contributed by atoms with E-state index in [0.29, 0.717) is 21.9 Å². The Morgan fingerprint density at radius 3 is 0.939 bits per heavy atom. The number of hydrogen-bond donors (Lipinski definition) is 22. The molecule has 0 amide bonds. The van der Waals surface area contributed by atoms with Crippen molar-refractivity contribution in [2.45, 2.75) is 241 Å². The number of hydrogen-bond acceptors (Lipinski definition) is 37. The molecule has 1 unspecified atom stereocenters. The standard InChI is InChI=1S/C60H86O39/c1-16-6-21-19-5-3-18(7-17(19)2-4-20(21)22(8-30(67)68)31(16)53(83)84)85-15-29-52-38(75)45(82)60(92-29)98-51-28(14-66)90-58(43(80)36(51)73)96-49-26(12-64)88-56(41(78)34(49)71)94-47-24(10-62)86-54(39(76)32(47)69)93-46-23(9-61)87-55(40(77)33(46)70)95-48-25(11-63)89-57(42(79)35(48)72)97-50-27(13-65)91-59(99-52)44(81)37(50)74/h2-5,7,16,22-29,31-52,54-66,69-82H,6,8-15H2,1H3,(H,67,68)(H,83,84)/t16?,22-,23-,24-,25-,26-,27-,28-,29-,31+,32-,33-,34-,35-,36-,37-,38-,39-,40-,41-,42-,43-,44-,45-,46-,47-,48-,49-,50-,51-,52-,54-,55-,56-,57-,58-,59-,60-/m1/s1. The van der Waals surface area contributed by atoms with E-state index in [-0.39, 0.29) is 12.2 Å². The van der Waals surface area contributed by atoms with Crippen LogP contribution in [0.15, 0.2) is 30.3 Å². The number of ether oxygens (including phenoxy) is 15. The number of rotatable bonds is 12. The van der Waals surface area contributed by atoms with Gasteiger partial charge in [-0.05, 0) is 46.4 Å². The van der Waals surface area contributed by atoms with Crippen LogP contribution in [0.2, 0.25) is 0 Å². The molecule has 2 aromatic rings. The molecule has 0 spiro atoms. The van der Waals surface area contributed by atoms with Crippen molar-refractivity contribution < 1.29 is 193 Å². The predicted molar refractivity (Wildman–Crippen MR) is 310 cm³/mol. The number of benzene rings is 2. The quantitative estimate of drug-likeness (QED) is 0.0938. The molecule has 39 heteroatoms. The Balaban J connectivity index is 0.897. The SMILES string of the molecule is CC1Cc2c(ccc3cc(OC[C@H]4O[C@@H]5O[C@H]6[C@H](O)[C@@H](O)[C@@H](O[C@H]7[C@H](O)[C@@H](O)[C@@H](O[C@H]8[C@H](O)[C@@H](O)[C@@H](O[C@H]9[C@H](O)[C@@H](O)[C@@H](O[C@H]%10[C@H](O)[C@@H](O)[C@@H](O[C@H]%11[C@H](O)[C@@H](O)[C@@H](O[C@H]4[C@H](O)[C@H]5O)O[C@@H]%11CO)O[C@@H]%10CO)O[C@@H]9CO)O[C@@H]8CO)O[C@@H]7CO)O[C@@H]6CO)ccc23)[C@@H](CC(=O)O)[C@H]1C(=O)O. The number of carboxylic acids is 2. The minimum absolute atomic E-state index is 0.0896. The van der Waals surface area contributed by atoms with Crippen LogP contribution in [0.4, 0.5) is 0 Å². The van der Waals surface area contributed by atoms with Gasteiger partial charge < -0.3 is 183 Å². The summed E-state index contributed by atoms with van der Waals surface area (Å²) in [5, 5.41) is 247. The Hall–Kier alpha value is -3.92. The maximum atomic E-state index is 12.4. The van der Waals surface area contributed by atoms with Crippen LogP contribution in [-0.4, -0.2) is 385 Å². The Morgan fingerprint density at radius 1 is 0.384 bits per heavy atom. The number of aliphatic hydroxyl groups excluding tert-OH is 20. The Labute approximate surface area is 560 Å². The fourth-order valence-corrected chi connectivity index (χ4v) is 14.5. The molecular formula is C60H86O39. The van der Waals surface area contributed by atoms with E-state index in [1.165, 1.54) is 6.07 Å². The summed E-state index contributed by atoms with van der Waals surface area (Å²) in [6, 6.07) is 7.95. The molecule has 99 heavy (non-hydrogen) atoms. The van der Waals surface area contributed by atoms with E-state index in [2.05, 4.69) is 0 Å². The number of aliphatic hydroxyl groups is 20. The molecule has 0 radical (unpaired) electrons. The minimum atomic E-state index is -2.29. The highest BCUT2D eigenvalue weighted by Gasteiger charge is 2.60. The van der Waals surface area contributed by atoms with Crippen molar-refractivity contribution in [3.63, 3.8) is 0 Å². The van der Waals surface area contributed by atoms with E-state index in [4.69, 9.17) is 71.1 Å². The average Bonchev–Trinajstić information content (AvgIpc) is 0.768. The smallest absolute Gasteiger partial charge is 0.307 e. The molecule has 24 rings (SSSR count). The topological polar surface area (TPSA) is 618 Å². The molecule has 39 nitrogen and oxygen atoms in total. The van der Waals surface area contributed by atoms with E-state index < -0.39 is 297 Å². The van der Waals surface area contributed by atoms with Gasteiger partial charge in [0, 0.05) is 5.92 Å². The first-order valence-corrected chi connectivity index (χ1v) is 32.1. The Morgan fingerprint density at radius 2 is 0.667 bits per heavy atom. The van der Waals surface area contributed by atoms with Crippen molar-refractivity contribution in [3.05, 3.63) is 41.5 Å². The summed E-state index contributed by atoms with van der Waals surface area (Å²) >= 11 is 0. The first-order valence-electron chi connectivity index (χ1n) is 32.1. The summed E-state index contributed by atoms with van der Waals surface area (Å²) in [5.74, 6) is -4.62. The Kier molecular flexibility index (Phi) is 24.5. The molecule has 38 atom stereocenters. The van der Waals surface area contributed by atoms with Crippen molar-refractivity contribution in [1.82, 2.24) is 0 Å². The lowest BCUT2D eigenvalue weighted by Crippen LogP contribution is -2.68. The number of carboxylic acid groups (broad SMARTS) is 2. The van der Waals surface area contributed by atoms with Crippen LogP contribution in [0, 0.1) is 11.8 Å². The first kappa shape index (κ1) is 76.2. The summed E-state index contributed by atoms with van der Waals surface area (Å²) in [4.78, 5) is 24.4. The predicted octanol–water partition coefficient (Wildman–Crippen LogP) is -11.5. The van der Waals surface area contributed by atoms with Crippen LogP contribution in [-0.2, 0) is 82.3 Å². The molecular weight excluding hydrogens is 1340 g/mol. The maximum Gasteiger partial charge on any atom is 0.307 e. The lowest BCUT2D eigenvalue weighted by molar-refractivity contribution is -0.396. The van der Waals surface area contributed by atoms with Crippen LogP contribution < -0.4 is 4.74 Å². The highest BCUT2D eigenvalue weighted by atomic mass is 16.8. The fraction of sp³-hybridized carbons (Fsp3) is 0.800. The lowest BCUT2D eigenvalue weighted by atomic mass is 9.67. The molecule has 14 bridgehead atoms. The highest BCUT2D eigenvalue weighted by Crippen LogP contribution is 2.46. The molecule has 22 aliphatic rings. The molecule has 22 N–H and O–H groups in total. The van der Waals surface area contributed by atoms with Crippen LogP contribution in [0.1, 0.15) is 30.4 Å². The van der Waals surface area contributed by atoms with Crippen molar-refractivity contribution in [1.29, 1.82) is 0 Å². The van der Waals surface area contributed by atoms with Crippen LogP contribution in [0.5, 0.6) is 5.75 Å². The molecule has 560 valence electrons. The van der Waals surface area contributed by atoms with E-state index in [1.807, 2.05) is 0 Å². The van der Waals surface area contributed by atoms with Gasteiger partial charge in [0.25, 0.3) is 0 Å². The van der Waals surface area contributed by atoms with Crippen LogP contribution >= 0.6 is 0 Å². The van der Waals surface area contributed by atoms with Gasteiger partial charge in [-0.15, -0.1) is 0 Å². The van der Waals surface area contributed by atoms with Gasteiger partial charge in [-0.25, -0.2) is 0 Å². The number of carbonyl (C=O) groups is 2. The van der Waals surface area contributed by atoms with Gasteiger partial charge in [-0.1, -0.05) is 25.1 Å². The van der Waals surface area contributed by atoms with Crippen molar-refractivity contribution in [2.24, 2.45) is 11.8 Å². The summed E-state index contributed by atoms with van der Waals surface area (Å²) < 4.78 is 88.1. The van der Waals surface area contributed by atoms with Crippen molar-refractivity contribution in [3.8, 4) is 5.75 Å². The maximum absolute atomic E-state index is 12.4. The van der Waals surface area contributed by atoms with Gasteiger partial charge in [0.05, 0.1) is 52.0 Å². The summed E-state index contributed by atoms with van der Waals surface area (Å²) in [6.07, 6.45) is -72.2. The Bertz CT molecular complexity index is 2990. The third-order valence-electron chi connectivity index (χ3n) is 19.8. The first-order chi connectivity index (χ1) is 47.2. The largest absolute Gasteiger partial charge is 0.491 e. The molecule has 21 aliphatic heterocycles. The van der Waals surface area contributed by atoms with Crippen molar-refractivity contribution >= 4 is 22.7 Å². The monoisotopic (exact) mass is 1430 g/mol. The molecule has 1 aliphatic carbocycles. The average molecular weight is 1430 g/mol. The second-order valence-electron chi connectivity index (χ2n) is 26.0. The van der Waals surface area contributed by atoms with E-state index in [1.54, 1.807) is 31.2 Å². The normalized spacial score (nSPS) is 48.5. The van der Waals surface area contributed by atoms with Gasteiger partial charge in [0.15, 0.2) is 44.0 Å². The van der Waals surface area contributed by atoms with E-state index >= 15 is 0 Å². The van der Waals surface area contributed by atoms with E-state index in [9.17, 15) is 122 Å². The summed E-state index contributed by atoms with van der Waals surface area (Å²) in [7, 11) is 0. The van der Waals surface area contributed by atoms with Crippen molar-refractivity contribution in [2.75, 3.05) is 46.2 Å². The van der Waals surface area contributed by atoms with Gasteiger partial charge in [-0.2, -0.15) is 0 Å². The third-order valence-corrected chi connectivity index (χ3v) is 19.8. The molecule has 0 saturated carbocycles. The fourth-order valence-electron chi connectivity index (χ4n) is 14.5. The lowest BCUT2D eigenvalue weighted by Gasteiger charge is -2.50. The summed E-state index contributed by atoms with van der Waals surface area (Å²) in [5.41, 5.74) is 1.23. The zero-order chi connectivity index (χ0) is 71.5. The van der Waals surface area contributed by atoms with Gasteiger partial charge in [0.1, 0.15) is 183 Å². The number of aliphatic carboxylic acids is 2. The number of fused-ring (bicyclic) bond motifs is 3. The molecule has 21 saturated heterocycles. The second-order valence-corrected chi connectivity index (χ2v) is 26.0. The molecule has 21 fully saturated rings. The van der Waals surface area contributed by atoms with Crippen LogP contribution in [0.25, 0.3) is 10.8 Å². The zero-order valence-electron chi connectivity index (χ0n) is 52.5. The molecule has 0 aromatic heterocycles. The van der Waals surface area contributed by atoms with Crippen LogP contribution in [0.3, 0.4) is 0 Å². The molecule has 21 heterocycles. The minimum Gasteiger partial charge on any atom is -0.491 e. The van der Waals surface area contributed by atoms with Gasteiger partial charge >= 0.3 is 11.9 Å². The van der Waals surface area contributed by atoms with E-state index in [0.717, 1.165) is 0 Å². The third kappa shape index (κ3) is 14.9. The zero-order valence-corrected chi connectivity index (χ0v) is 52.5. The molecule has 2 aromatic carbocycles. The highest BCUT2D eigenvalue weighted by molar-refractivity contribution is 5.89. The van der Waals surface area contributed by atoms with Gasteiger partial charge in [0.2, 0.25) is 0 Å².